The van der Waals surface area contributed by atoms with E-state index in [2.05, 4.69) is 49.6 Å². The van der Waals surface area contributed by atoms with Crippen LogP contribution in [0.25, 0.3) is 11.0 Å². The van der Waals surface area contributed by atoms with E-state index >= 15 is 0 Å². The van der Waals surface area contributed by atoms with E-state index in [4.69, 9.17) is 26.1 Å². The van der Waals surface area contributed by atoms with Gasteiger partial charge in [-0.2, -0.15) is 0 Å². The van der Waals surface area contributed by atoms with Crippen LogP contribution < -0.4 is 9.47 Å². The van der Waals surface area contributed by atoms with Gasteiger partial charge in [0.1, 0.15) is 30.5 Å². The van der Waals surface area contributed by atoms with Crippen LogP contribution in [0.1, 0.15) is 36.7 Å². The smallest absolute Gasteiger partial charge is 0.148 e. The van der Waals surface area contributed by atoms with Crippen molar-refractivity contribution in [3.8, 4) is 11.5 Å². The SMILES string of the molecule is Cc1ccc(C(C)C)c(OCCn2c(COc3ccccc3Cl)nc3ccccc32)c1. The summed E-state index contributed by atoms with van der Waals surface area (Å²) >= 11 is 6.24. The normalized spacial score (nSPS) is 11.3. The second kappa shape index (κ2) is 9.44. The number of fused-ring (bicyclic) bond motifs is 1. The van der Waals surface area contributed by atoms with Crippen LogP contribution in [0.2, 0.25) is 5.02 Å². The van der Waals surface area contributed by atoms with E-state index in [1.54, 1.807) is 0 Å². The summed E-state index contributed by atoms with van der Waals surface area (Å²) in [4.78, 5) is 4.78. The molecule has 4 rings (SSSR count). The Morgan fingerprint density at radius 2 is 1.71 bits per heavy atom. The van der Waals surface area contributed by atoms with Gasteiger partial charge in [-0.25, -0.2) is 4.98 Å². The van der Waals surface area contributed by atoms with Gasteiger partial charge in [0.2, 0.25) is 0 Å². The molecule has 0 bridgehead atoms. The fourth-order valence-corrected chi connectivity index (χ4v) is 3.87. The number of para-hydroxylation sites is 3. The number of hydrogen-bond acceptors (Lipinski definition) is 3. The zero-order valence-electron chi connectivity index (χ0n) is 18.1. The number of halogens is 1. The second-order valence-electron chi connectivity index (χ2n) is 7.93. The van der Waals surface area contributed by atoms with E-state index in [9.17, 15) is 0 Å². The summed E-state index contributed by atoms with van der Waals surface area (Å²) in [6.07, 6.45) is 0. The topological polar surface area (TPSA) is 36.3 Å². The first-order valence-corrected chi connectivity index (χ1v) is 11.0. The van der Waals surface area contributed by atoms with E-state index in [-0.39, 0.29) is 0 Å². The predicted octanol–water partition coefficient (Wildman–Crippen LogP) is 6.78. The summed E-state index contributed by atoms with van der Waals surface area (Å²) in [7, 11) is 0. The molecule has 0 N–H and O–H groups in total. The van der Waals surface area contributed by atoms with Crippen LogP contribution in [-0.2, 0) is 13.2 Å². The Kier molecular flexibility index (Phi) is 6.47. The molecule has 0 aliphatic heterocycles. The van der Waals surface area contributed by atoms with Gasteiger partial charge in [-0.15, -0.1) is 0 Å². The van der Waals surface area contributed by atoms with Gasteiger partial charge in [-0.3, -0.25) is 0 Å². The number of benzene rings is 3. The molecular formula is C26H27ClN2O2. The average molecular weight is 435 g/mol. The van der Waals surface area contributed by atoms with E-state index in [0.29, 0.717) is 36.4 Å². The third kappa shape index (κ3) is 4.86. The van der Waals surface area contributed by atoms with Gasteiger partial charge >= 0.3 is 0 Å². The van der Waals surface area contributed by atoms with Gasteiger partial charge in [-0.1, -0.05) is 61.8 Å². The van der Waals surface area contributed by atoms with E-state index in [1.165, 1.54) is 11.1 Å². The predicted molar refractivity (Wildman–Crippen MR) is 126 cm³/mol. The molecule has 5 heteroatoms. The lowest BCUT2D eigenvalue weighted by molar-refractivity contribution is 0.271. The first kappa shape index (κ1) is 21.3. The average Bonchev–Trinajstić information content (AvgIpc) is 3.11. The molecule has 160 valence electrons. The quantitative estimate of drug-likeness (QED) is 0.306. The minimum Gasteiger partial charge on any atom is -0.491 e. The van der Waals surface area contributed by atoms with Crippen molar-refractivity contribution in [3.63, 3.8) is 0 Å². The lowest BCUT2D eigenvalue weighted by atomic mass is 10.0. The highest BCUT2D eigenvalue weighted by atomic mass is 35.5. The molecule has 0 saturated heterocycles. The summed E-state index contributed by atoms with van der Waals surface area (Å²) in [5.74, 6) is 2.86. The zero-order valence-corrected chi connectivity index (χ0v) is 18.9. The number of aromatic nitrogens is 2. The molecule has 0 aliphatic rings. The van der Waals surface area contributed by atoms with Gasteiger partial charge in [0, 0.05) is 0 Å². The van der Waals surface area contributed by atoms with Gasteiger partial charge in [0.15, 0.2) is 0 Å². The summed E-state index contributed by atoms with van der Waals surface area (Å²) in [5.41, 5.74) is 4.43. The van der Waals surface area contributed by atoms with Crippen molar-refractivity contribution in [3.05, 3.63) is 88.7 Å². The van der Waals surface area contributed by atoms with Crippen molar-refractivity contribution < 1.29 is 9.47 Å². The third-order valence-electron chi connectivity index (χ3n) is 5.29. The summed E-state index contributed by atoms with van der Waals surface area (Å²) in [6, 6.07) is 22.0. The largest absolute Gasteiger partial charge is 0.491 e. The van der Waals surface area contributed by atoms with Crippen molar-refractivity contribution in [2.45, 2.75) is 39.8 Å². The van der Waals surface area contributed by atoms with Crippen LogP contribution in [-0.4, -0.2) is 16.2 Å². The lowest BCUT2D eigenvalue weighted by Crippen LogP contribution is -2.13. The molecule has 31 heavy (non-hydrogen) atoms. The van der Waals surface area contributed by atoms with Crippen LogP contribution >= 0.6 is 11.6 Å². The molecule has 0 unspecified atom stereocenters. The van der Waals surface area contributed by atoms with Crippen molar-refractivity contribution in [1.82, 2.24) is 9.55 Å². The molecule has 0 radical (unpaired) electrons. The standard InChI is InChI=1S/C26H27ClN2O2/c1-18(2)20-13-12-19(3)16-25(20)30-15-14-29-23-10-6-5-9-22(23)28-26(29)17-31-24-11-7-4-8-21(24)27/h4-13,16,18H,14-15,17H2,1-3H3. The summed E-state index contributed by atoms with van der Waals surface area (Å²) in [6.45, 7) is 8.01. The fourth-order valence-electron chi connectivity index (χ4n) is 3.68. The number of ether oxygens (including phenoxy) is 2. The van der Waals surface area contributed by atoms with E-state index < -0.39 is 0 Å². The molecule has 0 spiro atoms. The number of rotatable bonds is 8. The molecule has 0 aliphatic carbocycles. The Bertz CT molecular complexity index is 1180. The highest BCUT2D eigenvalue weighted by Crippen LogP contribution is 2.28. The minimum absolute atomic E-state index is 0.333. The van der Waals surface area contributed by atoms with Crippen LogP contribution in [0.15, 0.2) is 66.7 Å². The highest BCUT2D eigenvalue weighted by Gasteiger charge is 2.13. The van der Waals surface area contributed by atoms with Gasteiger partial charge < -0.3 is 14.0 Å². The first-order chi connectivity index (χ1) is 15.0. The Hall–Kier alpha value is -2.98. The van der Waals surface area contributed by atoms with Crippen molar-refractivity contribution in [2.24, 2.45) is 0 Å². The monoisotopic (exact) mass is 434 g/mol. The molecule has 3 aromatic carbocycles. The van der Waals surface area contributed by atoms with Crippen LogP contribution in [0.5, 0.6) is 11.5 Å². The fraction of sp³-hybridized carbons (Fsp3) is 0.269. The van der Waals surface area contributed by atoms with Crippen LogP contribution in [0.4, 0.5) is 0 Å². The highest BCUT2D eigenvalue weighted by molar-refractivity contribution is 6.32. The number of aryl methyl sites for hydroxylation is 1. The van der Waals surface area contributed by atoms with Gasteiger partial charge in [-0.05, 0) is 54.3 Å². The zero-order chi connectivity index (χ0) is 21.8. The Morgan fingerprint density at radius 1 is 0.935 bits per heavy atom. The van der Waals surface area contributed by atoms with Crippen LogP contribution in [0, 0.1) is 6.92 Å². The molecule has 0 atom stereocenters. The first-order valence-electron chi connectivity index (χ1n) is 10.6. The van der Waals surface area contributed by atoms with E-state index in [0.717, 1.165) is 22.6 Å². The van der Waals surface area contributed by atoms with Crippen molar-refractivity contribution >= 4 is 22.6 Å². The molecule has 0 fully saturated rings. The lowest BCUT2D eigenvalue weighted by Gasteiger charge is -2.16. The van der Waals surface area contributed by atoms with Crippen molar-refractivity contribution in [1.29, 1.82) is 0 Å². The van der Waals surface area contributed by atoms with Crippen molar-refractivity contribution in [2.75, 3.05) is 6.61 Å². The molecule has 1 heterocycles. The maximum atomic E-state index is 6.24. The van der Waals surface area contributed by atoms with E-state index in [1.807, 2.05) is 42.5 Å². The molecule has 0 saturated carbocycles. The number of nitrogens with zero attached hydrogens (tertiary/aromatic N) is 2. The molecule has 4 nitrogen and oxygen atoms in total. The van der Waals surface area contributed by atoms with Crippen LogP contribution in [0.3, 0.4) is 0 Å². The Morgan fingerprint density at radius 3 is 2.52 bits per heavy atom. The maximum Gasteiger partial charge on any atom is 0.148 e. The van der Waals surface area contributed by atoms with Gasteiger partial charge in [0.25, 0.3) is 0 Å². The summed E-state index contributed by atoms with van der Waals surface area (Å²) < 4.78 is 14.4. The minimum atomic E-state index is 0.333. The molecule has 4 aromatic rings. The van der Waals surface area contributed by atoms with Gasteiger partial charge in [0.05, 0.1) is 22.6 Å². The Balaban J connectivity index is 1.54. The summed E-state index contributed by atoms with van der Waals surface area (Å²) in [5, 5.41) is 0.592. The third-order valence-corrected chi connectivity index (χ3v) is 5.60. The maximum absolute atomic E-state index is 6.24. The Labute approximate surface area is 188 Å². The number of hydrogen-bond donors (Lipinski definition) is 0. The molecule has 0 amide bonds. The molecule has 1 aromatic heterocycles. The number of imidazole rings is 1. The molecular weight excluding hydrogens is 408 g/mol. The second-order valence-corrected chi connectivity index (χ2v) is 8.34.